The Morgan fingerprint density at radius 3 is 2.65 bits per heavy atom. The second-order valence-corrected chi connectivity index (χ2v) is 3.79. The fraction of sp³-hybridized carbons (Fsp3) is 0.500. The molecule has 0 unspecified atom stereocenters. The van der Waals surface area contributed by atoms with Crippen LogP contribution in [0.4, 0.5) is 0 Å². The maximum Gasteiger partial charge on any atom is 0.329 e. The van der Waals surface area contributed by atoms with E-state index in [4.69, 9.17) is 4.74 Å². The Morgan fingerprint density at radius 1 is 1.29 bits per heavy atom. The number of H-pyrrole nitrogens is 1. The van der Waals surface area contributed by atoms with Gasteiger partial charge in [-0.2, -0.15) is 4.98 Å². The second kappa shape index (κ2) is 4.08. The lowest BCUT2D eigenvalue weighted by Gasteiger charge is -2.02. The van der Waals surface area contributed by atoms with E-state index in [9.17, 15) is 9.59 Å². The third-order valence-corrected chi connectivity index (χ3v) is 2.53. The van der Waals surface area contributed by atoms with Crippen LogP contribution >= 0.6 is 0 Å². The molecule has 17 heavy (non-hydrogen) atoms. The fourth-order valence-electron chi connectivity index (χ4n) is 1.61. The van der Waals surface area contributed by atoms with Crippen molar-refractivity contribution < 1.29 is 4.74 Å². The highest BCUT2D eigenvalue weighted by atomic mass is 16.5. The highest BCUT2D eigenvalue weighted by Crippen LogP contribution is 2.14. The average Bonchev–Trinajstić information content (AvgIpc) is 2.61. The van der Waals surface area contributed by atoms with E-state index in [0.717, 1.165) is 6.42 Å². The number of fused-ring (bicyclic) bond motifs is 1. The summed E-state index contributed by atoms with van der Waals surface area (Å²) >= 11 is 0. The van der Waals surface area contributed by atoms with E-state index in [1.807, 2.05) is 6.92 Å². The predicted molar refractivity (Wildman–Crippen MR) is 62.4 cm³/mol. The summed E-state index contributed by atoms with van der Waals surface area (Å²) < 4.78 is 8.24. The van der Waals surface area contributed by atoms with Crippen molar-refractivity contribution in [1.82, 2.24) is 19.1 Å². The first-order valence-corrected chi connectivity index (χ1v) is 5.34. The van der Waals surface area contributed by atoms with Gasteiger partial charge < -0.3 is 4.74 Å². The molecular weight excluding hydrogens is 224 g/mol. The highest BCUT2D eigenvalue weighted by molar-refractivity contribution is 5.71. The standard InChI is InChI=1S/C10H14N4O3/c1-4-5-17-10-11-7-6(13(10)2)8(15)12-9(16)14(7)3/h4-5H2,1-3H3,(H,12,15,16). The van der Waals surface area contributed by atoms with Crippen LogP contribution in [-0.4, -0.2) is 25.7 Å². The van der Waals surface area contributed by atoms with Crippen LogP contribution in [0.1, 0.15) is 13.3 Å². The maximum atomic E-state index is 11.7. The van der Waals surface area contributed by atoms with E-state index < -0.39 is 11.2 Å². The summed E-state index contributed by atoms with van der Waals surface area (Å²) in [5.41, 5.74) is -0.280. The number of nitrogens with zero attached hydrogens (tertiary/aromatic N) is 3. The average molecular weight is 238 g/mol. The lowest BCUT2D eigenvalue weighted by Crippen LogP contribution is -2.29. The first kappa shape index (κ1) is 11.4. The molecule has 92 valence electrons. The third kappa shape index (κ3) is 1.73. The molecule has 2 heterocycles. The molecule has 2 aromatic rings. The molecule has 0 aliphatic heterocycles. The minimum atomic E-state index is -0.484. The molecule has 1 N–H and O–H groups in total. The number of ether oxygens (including phenoxy) is 1. The number of aromatic nitrogens is 4. The molecule has 0 bridgehead atoms. The van der Waals surface area contributed by atoms with Crippen molar-refractivity contribution in [2.24, 2.45) is 14.1 Å². The van der Waals surface area contributed by atoms with Gasteiger partial charge in [-0.25, -0.2) is 4.79 Å². The fourth-order valence-corrected chi connectivity index (χ4v) is 1.61. The predicted octanol–water partition coefficient (Wildman–Crippen LogP) is -0.251. The number of rotatable bonds is 3. The molecular formula is C10H14N4O3. The first-order chi connectivity index (χ1) is 8.06. The molecule has 0 radical (unpaired) electrons. The van der Waals surface area contributed by atoms with Crippen LogP contribution < -0.4 is 16.0 Å². The van der Waals surface area contributed by atoms with Crippen LogP contribution in [0.25, 0.3) is 11.2 Å². The van der Waals surface area contributed by atoms with Gasteiger partial charge in [-0.05, 0) is 6.42 Å². The number of aromatic amines is 1. The van der Waals surface area contributed by atoms with Crippen molar-refractivity contribution in [3.05, 3.63) is 20.8 Å². The SMILES string of the molecule is CCCOc1nc2c(c(=O)[nH]c(=O)n2C)n1C. The molecule has 0 amide bonds. The van der Waals surface area contributed by atoms with Gasteiger partial charge in [0.1, 0.15) is 0 Å². The van der Waals surface area contributed by atoms with E-state index in [0.29, 0.717) is 23.8 Å². The molecule has 0 aliphatic carbocycles. The Hall–Kier alpha value is -2.05. The largest absolute Gasteiger partial charge is 0.465 e. The van der Waals surface area contributed by atoms with Crippen molar-refractivity contribution in [3.63, 3.8) is 0 Å². The first-order valence-electron chi connectivity index (χ1n) is 5.34. The van der Waals surface area contributed by atoms with Crippen molar-refractivity contribution in [2.45, 2.75) is 13.3 Å². The third-order valence-electron chi connectivity index (χ3n) is 2.53. The number of nitrogens with one attached hydrogen (secondary N) is 1. The van der Waals surface area contributed by atoms with Gasteiger partial charge in [0.2, 0.25) is 0 Å². The molecule has 0 saturated heterocycles. The van der Waals surface area contributed by atoms with Gasteiger partial charge >= 0.3 is 5.69 Å². The lowest BCUT2D eigenvalue weighted by molar-refractivity contribution is 0.284. The Morgan fingerprint density at radius 2 is 2.00 bits per heavy atom. The quantitative estimate of drug-likeness (QED) is 0.799. The second-order valence-electron chi connectivity index (χ2n) is 3.79. The van der Waals surface area contributed by atoms with Gasteiger partial charge in [-0.1, -0.05) is 6.92 Å². The van der Waals surface area contributed by atoms with Crippen LogP contribution in [0.15, 0.2) is 9.59 Å². The van der Waals surface area contributed by atoms with Crippen LogP contribution in [0.5, 0.6) is 6.01 Å². The molecule has 0 aliphatic rings. The van der Waals surface area contributed by atoms with Crippen molar-refractivity contribution in [3.8, 4) is 6.01 Å². The molecule has 2 aromatic heterocycles. The van der Waals surface area contributed by atoms with Crippen molar-refractivity contribution >= 4 is 11.2 Å². The number of hydrogen-bond donors (Lipinski definition) is 1. The zero-order chi connectivity index (χ0) is 12.6. The van der Waals surface area contributed by atoms with Crippen LogP contribution in [0, 0.1) is 0 Å². The number of imidazole rings is 1. The van der Waals surface area contributed by atoms with Gasteiger partial charge in [0, 0.05) is 14.1 Å². The zero-order valence-corrected chi connectivity index (χ0v) is 9.98. The molecule has 0 atom stereocenters. The summed E-state index contributed by atoms with van der Waals surface area (Å²) in [5, 5.41) is 0. The monoisotopic (exact) mass is 238 g/mol. The van der Waals surface area contributed by atoms with E-state index in [1.165, 1.54) is 4.57 Å². The topological polar surface area (TPSA) is 81.9 Å². The van der Waals surface area contributed by atoms with Crippen molar-refractivity contribution in [2.75, 3.05) is 6.61 Å². The van der Waals surface area contributed by atoms with Gasteiger partial charge in [0.25, 0.3) is 11.6 Å². The summed E-state index contributed by atoms with van der Waals surface area (Å²) in [6, 6.07) is 0.341. The molecule has 2 rings (SSSR count). The number of aryl methyl sites for hydroxylation is 2. The molecule has 7 heteroatoms. The van der Waals surface area contributed by atoms with E-state index in [1.54, 1.807) is 18.7 Å². The summed E-state index contributed by atoms with van der Waals surface area (Å²) in [5.74, 6) is 0. The smallest absolute Gasteiger partial charge is 0.329 e. The lowest BCUT2D eigenvalue weighted by atomic mass is 10.5. The van der Waals surface area contributed by atoms with Gasteiger partial charge in [0.05, 0.1) is 6.61 Å². The van der Waals surface area contributed by atoms with Crippen LogP contribution in [-0.2, 0) is 14.1 Å². The van der Waals surface area contributed by atoms with Gasteiger partial charge in [0.15, 0.2) is 11.2 Å². The van der Waals surface area contributed by atoms with Crippen LogP contribution in [0.2, 0.25) is 0 Å². The van der Waals surface area contributed by atoms with E-state index in [-0.39, 0.29) is 0 Å². The Bertz CT molecular complexity index is 664. The highest BCUT2D eigenvalue weighted by Gasteiger charge is 2.15. The van der Waals surface area contributed by atoms with Crippen LogP contribution in [0.3, 0.4) is 0 Å². The summed E-state index contributed by atoms with van der Waals surface area (Å²) in [6.07, 6.45) is 0.846. The minimum absolute atomic E-state index is 0.326. The summed E-state index contributed by atoms with van der Waals surface area (Å²) in [7, 11) is 3.23. The zero-order valence-electron chi connectivity index (χ0n) is 9.98. The Kier molecular flexibility index (Phi) is 2.74. The molecule has 0 spiro atoms. The van der Waals surface area contributed by atoms with Crippen molar-refractivity contribution in [1.29, 1.82) is 0 Å². The minimum Gasteiger partial charge on any atom is -0.465 e. The molecule has 0 fully saturated rings. The Balaban J connectivity index is 2.73. The van der Waals surface area contributed by atoms with E-state index >= 15 is 0 Å². The number of hydrogen-bond acceptors (Lipinski definition) is 4. The van der Waals surface area contributed by atoms with Gasteiger partial charge in [-0.15, -0.1) is 0 Å². The maximum absolute atomic E-state index is 11.7. The molecule has 7 nitrogen and oxygen atoms in total. The Labute approximate surface area is 96.7 Å². The summed E-state index contributed by atoms with van der Waals surface area (Å²) in [6.45, 7) is 2.49. The molecule has 0 saturated carbocycles. The summed E-state index contributed by atoms with van der Waals surface area (Å²) in [4.78, 5) is 29.5. The molecule has 0 aromatic carbocycles. The normalized spacial score (nSPS) is 11.0. The van der Waals surface area contributed by atoms with E-state index in [2.05, 4.69) is 9.97 Å². The van der Waals surface area contributed by atoms with Gasteiger partial charge in [-0.3, -0.25) is 18.9 Å².